The number of methoxy groups -OCH3 is 1. The van der Waals surface area contributed by atoms with Gasteiger partial charge in [0.1, 0.15) is 11.8 Å². The van der Waals surface area contributed by atoms with E-state index in [2.05, 4.69) is 26.6 Å². The van der Waals surface area contributed by atoms with Gasteiger partial charge in [-0.25, -0.2) is 4.79 Å². The second-order valence-corrected chi connectivity index (χ2v) is 6.18. The van der Waals surface area contributed by atoms with Gasteiger partial charge in [0.15, 0.2) is 0 Å². The topological polar surface area (TPSA) is 87.7 Å². The molecule has 0 spiro atoms. The molecule has 23 heavy (non-hydrogen) atoms. The monoisotopic (exact) mass is 383 g/mol. The Balaban J connectivity index is 1.91. The molecule has 1 aromatic rings. The normalized spacial score (nSPS) is 16.7. The molecule has 2 rings (SSSR count). The Bertz CT molecular complexity index is 635. The molecule has 1 aliphatic heterocycles. The van der Waals surface area contributed by atoms with E-state index in [1.807, 2.05) is 18.2 Å². The summed E-state index contributed by atoms with van der Waals surface area (Å²) in [5.41, 5.74) is 0.879. The highest BCUT2D eigenvalue weighted by Gasteiger charge is 2.29. The van der Waals surface area contributed by atoms with Gasteiger partial charge >= 0.3 is 6.03 Å². The molecule has 1 aromatic carbocycles. The molecule has 0 aromatic heterocycles. The lowest BCUT2D eigenvalue weighted by molar-refractivity contribution is -0.130. The number of hydrogen-bond donors (Lipinski definition) is 2. The van der Waals surface area contributed by atoms with Crippen LogP contribution < -0.4 is 15.4 Å². The number of carbonyl (C=O) groups excluding carboxylic acids is 3. The van der Waals surface area contributed by atoms with Crippen molar-refractivity contribution in [2.45, 2.75) is 25.4 Å². The van der Waals surface area contributed by atoms with E-state index >= 15 is 0 Å². The fourth-order valence-corrected chi connectivity index (χ4v) is 2.74. The van der Waals surface area contributed by atoms with Gasteiger partial charge in [-0.1, -0.05) is 15.9 Å². The zero-order chi connectivity index (χ0) is 17.0. The molecule has 0 bridgehead atoms. The Morgan fingerprint density at radius 1 is 1.39 bits per heavy atom. The minimum atomic E-state index is -0.639. The lowest BCUT2D eigenvalue weighted by atomic mass is 10.1. The third-order valence-electron chi connectivity index (χ3n) is 3.58. The standard InChI is InChI=1S/C15H18BrN3O4/c1-19(8-9-7-10(16)3-5-12(9)23-2)13(20)6-4-11-14(21)18-15(22)17-11/h3,5,7,11H,4,6,8H2,1-2H3,(H2,17,18,21,22)/t11-/m1/s1. The van der Waals surface area contributed by atoms with E-state index in [4.69, 9.17) is 4.74 Å². The molecule has 7 nitrogen and oxygen atoms in total. The van der Waals surface area contributed by atoms with Crippen LogP contribution in [0.5, 0.6) is 5.75 Å². The van der Waals surface area contributed by atoms with E-state index in [0.717, 1.165) is 10.0 Å². The summed E-state index contributed by atoms with van der Waals surface area (Å²) in [5.74, 6) is 0.204. The Labute approximate surface area is 142 Å². The Morgan fingerprint density at radius 3 is 2.74 bits per heavy atom. The average molecular weight is 384 g/mol. The Morgan fingerprint density at radius 2 is 2.13 bits per heavy atom. The van der Waals surface area contributed by atoms with Gasteiger partial charge in [0.2, 0.25) is 5.91 Å². The van der Waals surface area contributed by atoms with Crippen LogP contribution in [0.25, 0.3) is 0 Å². The highest BCUT2D eigenvalue weighted by molar-refractivity contribution is 9.10. The van der Waals surface area contributed by atoms with Crippen molar-refractivity contribution in [1.82, 2.24) is 15.5 Å². The summed E-state index contributed by atoms with van der Waals surface area (Å²) in [6.45, 7) is 0.394. The first-order chi connectivity index (χ1) is 10.9. The van der Waals surface area contributed by atoms with Crippen molar-refractivity contribution in [2.24, 2.45) is 0 Å². The lowest BCUT2D eigenvalue weighted by Crippen LogP contribution is -2.32. The smallest absolute Gasteiger partial charge is 0.322 e. The SMILES string of the molecule is COc1ccc(Br)cc1CN(C)C(=O)CC[C@H]1NC(=O)NC1=O. The Kier molecular flexibility index (Phi) is 5.59. The number of amides is 4. The van der Waals surface area contributed by atoms with Crippen LogP contribution in [0.4, 0.5) is 4.79 Å². The predicted molar refractivity (Wildman–Crippen MR) is 86.9 cm³/mol. The van der Waals surface area contributed by atoms with Crippen molar-refractivity contribution in [1.29, 1.82) is 0 Å². The number of carbonyl (C=O) groups is 3. The second-order valence-electron chi connectivity index (χ2n) is 5.26. The highest BCUT2D eigenvalue weighted by atomic mass is 79.9. The molecule has 8 heteroatoms. The summed E-state index contributed by atoms with van der Waals surface area (Å²) in [7, 11) is 3.27. The number of rotatable bonds is 6. The predicted octanol–water partition coefficient (Wildman–Crippen LogP) is 1.40. The van der Waals surface area contributed by atoms with Crippen LogP contribution >= 0.6 is 15.9 Å². The van der Waals surface area contributed by atoms with Crippen LogP contribution in [0, 0.1) is 0 Å². The zero-order valence-electron chi connectivity index (χ0n) is 12.9. The maximum Gasteiger partial charge on any atom is 0.322 e. The number of imide groups is 1. The second kappa shape index (κ2) is 7.45. The third-order valence-corrected chi connectivity index (χ3v) is 4.07. The minimum absolute atomic E-state index is 0.110. The van der Waals surface area contributed by atoms with Crippen molar-refractivity contribution in [3.63, 3.8) is 0 Å². The summed E-state index contributed by atoms with van der Waals surface area (Å²) >= 11 is 3.40. The lowest BCUT2D eigenvalue weighted by Gasteiger charge is -2.19. The number of nitrogens with one attached hydrogen (secondary N) is 2. The van der Waals surface area contributed by atoms with Crippen molar-refractivity contribution < 1.29 is 19.1 Å². The van der Waals surface area contributed by atoms with E-state index in [9.17, 15) is 14.4 Å². The van der Waals surface area contributed by atoms with Crippen LogP contribution in [0.1, 0.15) is 18.4 Å². The van der Waals surface area contributed by atoms with Crippen LogP contribution in [0.2, 0.25) is 0 Å². The van der Waals surface area contributed by atoms with Gasteiger partial charge in [0.25, 0.3) is 5.91 Å². The van der Waals surface area contributed by atoms with E-state index in [-0.39, 0.29) is 24.7 Å². The molecule has 0 radical (unpaired) electrons. The summed E-state index contributed by atoms with van der Waals surface area (Å²) < 4.78 is 6.19. The molecule has 0 unspecified atom stereocenters. The molecule has 124 valence electrons. The number of benzene rings is 1. The molecule has 4 amide bonds. The summed E-state index contributed by atoms with van der Waals surface area (Å²) in [4.78, 5) is 36.2. The molecule has 1 aliphatic rings. The Hall–Kier alpha value is -2.09. The quantitative estimate of drug-likeness (QED) is 0.726. The first-order valence-corrected chi connectivity index (χ1v) is 7.87. The van der Waals surface area contributed by atoms with Gasteiger partial charge in [-0.3, -0.25) is 14.9 Å². The fraction of sp³-hybridized carbons (Fsp3) is 0.400. The van der Waals surface area contributed by atoms with E-state index < -0.39 is 12.1 Å². The average Bonchev–Trinajstić information content (AvgIpc) is 2.82. The van der Waals surface area contributed by atoms with Crippen LogP contribution in [0.3, 0.4) is 0 Å². The van der Waals surface area contributed by atoms with Gasteiger partial charge in [-0.05, 0) is 24.6 Å². The van der Waals surface area contributed by atoms with Crippen molar-refractivity contribution >= 4 is 33.8 Å². The van der Waals surface area contributed by atoms with Crippen LogP contribution in [0.15, 0.2) is 22.7 Å². The van der Waals surface area contributed by atoms with Crippen molar-refractivity contribution in [2.75, 3.05) is 14.2 Å². The van der Waals surface area contributed by atoms with Crippen molar-refractivity contribution in [3.05, 3.63) is 28.2 Å². The van der Waals surface area contributed by atoms with Crippen LogP contribution in [-0.4, -0.2) is 42.9 Å². The fourth-order valence-electron chi connectivity index (χ4n) is 2.34. The minimum Gasteiger partial charge on any atom is -0.496 e. The largest absolute Gasteiger partial charge is 0.496 e. The molecule has 1 atom stereocenters. The summed E-state index contributed by atoms with van der Waals surface area (Å²) in [6.07, 6.45) is 0.446. The summed E-state index contributed by atoms with van der Waals surface area (Å²) in [5, 5.41) is 4.62. The molecule has 1 saturated heterocycles. The first-order valence-electron chi connectivity index (χ1n) is 7.08. The molecular weight excluding hydrogens is 366 g/mol. The maximum atomic E-state index is 12.2. The molecule has 2 N–H and O–H groups in total. The number of hydrogen-bond acceptors (Lipinski definition) is 4. The third kappa shape index (κ3) is 4.44. The van der Waals surface area contributed by atoms with Crippen molar-refractivity contribution in [3.8, 4) is 5.75 Å². The number of nitrogens with zero attached hydrogens (tertiary/aromatic N) is 1. The van der Waals surface area contributed by atoms with Gasteiger partial charge in [0.05, 0.1) is 7.11 Å². The number of halogens is 1. The molecule has 1 fully saturated rings. The maximum absolute atomic E-state index is 12.2. The first kappa shape index (κ1) is 17.3. The van der Waals surface area contributed by atoms with E-state index in [1.54, 1.807) is 19.1 Å². The highest BCUT2D eigenvalue weighted by Crippen LogP contribution is 2.24. The number of urea groups is 1. The number of ether oxygens (including phenoxy) is 1. The molecular formula is C15H18BrN3O4. The molecule has 0 saturated carbocycles. The van der Waals surface area contributed by atoms with E-state index in [1.165, 1.54) is 0 Å². The van der Waals surface area contributed by atoms with Gasteiger partial charge in [0, 0.05) is 30.0 Å². The van der Waals surface area contributed by atoms with E-state index in [0.29, 0.717) is 12.3 Å². The van der Waals surface area contributed by atoms with Crippen LogP contribution in [-0.2, 0) is 16.1 Å². The summed E-state index contributed by atoms with van der Waals surface area (Å²) in [6, 6.07) is 4.44. The molecule has 1 heterocycles. The van der Waals surface area contributed by atoms with Gasteiger partial charge in [-0.15, -0.1) is 0 Å². The zero-order valence-corrected chi connectivity index (χ0v) is 14.5. The van der Waals surface area contributed by atoms with Gasteiger partial charge in [-0.2, -0.15) is 0 Å². The molecule has 0 aliphatic carbocycles. The van der Waals surface area contributed by atoms with Gasteiger partial charge < -0.3 is 15.0 Å².